The van der Waals surface area contributed by atoms with E-state index in [1.54, 1.807) is 0 Å². The van der Waals surface area contributed by atoms with E-state index in [4.69, 9.17) is 5.10 Å². The third-order valence-electron chi connectivity index (χ3n) is 3.58. The molecular weight excluding hydrogens is 212 g/mol. The van der Waals surface area contributed by atoms with Crippen LogP contribution in [0, 0.1) is 0 Å². The molecule has 0 saturated carbocycles. The number of hydrogen-bond acceptors (Lipinski definition) is 3. The van der Waals surface area contributed by atoms with Gasteiger partial charge in [0, 0.05) is 38.9 Å². The van der Waals surface area contributed by atoms with E-state index in [1.807, 2.05) is 0 Å². The van der Waals surface area contributed by atoms with Crippen LogP contribution in [-0.2, 0) is 6.54 Å². The minimum Gasteiger partial charge on any atom is -0.314 e. The molecule has 96 valence electrons. The van der Waals surface area contributed by atoms with Crippen molar-refractivity contribution < 1.29 is 0 Å². The van der Waals surface area contributed by atoms with Crippen LogP contribution in [0.4, 0.5) is 0 Å². The SMILES string of the molecule is CCC(CC)n1ccc(CN2CCNCC2)n1. The highest BCUT2D eigenvalue weighted by Crippen LogP contribution is 2.15. The molecule has 1 fully saturated rings. The highest BCUT2D eigenvalue weighted by molar-refractivity contribution is 5.00. The fraction of sp³-hybridized carbons (Fsp3) is 0.769. The summed E-state index contributed by atoms with van der Waals surface area (Å²) in [6.07, 6.45) is 4.45. The maximum atomic E-state index is 4.70. The molecule has 1 saturated heterocycles. The molecule has 1 N–H and O–H groups in total. The van der Waals surface area contributed by atoms with Crippen molar-refractivity contribution >= 4 is 0 Å². The first-order valence-electron chi connectivity index (χ1n) is 6.80. The van der Waals surface area contributed by atoms with Crippen molar-refractivity contribution in [1.29, 1.82) is 0 Å². The molecule has 0 spiro atoms. The Morgan fingerprint density at radius 1 is 1.29 bits per heavy atom. The summed E-state index contributed by atoms with van der Waals surface area (Å²) in [7, 11) is 0. The zero-order valence-electron chi connectivity index (χ0n) is 11.0. The zero-order chi connectivity index (χ0) is 12.1. The largest absolute Gasteiger partial charge is 0.314 e. The van der Waals surface area contributed by atoms with Gasteiger partial charge >= 0.3 is 0 Å². The molecule has 1 aromatic heterocycles. The summed E-state index contributed by atoms with van der Waals surface area (Å²) in [4.78, 5) is 2.47. The summed E-state index contributed by atoms with van der Waals surface area (Å²) in [5.41, 5.74) is 1.21. The predicted octanol–water partition coefficient (Wildman–Crippen LogP) is 1.65. The number of nitrogens with zero attached hydrogens (tertiary/aromatic N) is 3. The molecule has 0 aliphatic carbocycles. The van der Waals surface area contributed by atoms with Crippen LogP contribution in [0.25, 0.3) is 0 Å². The summed E-state index contributed by atoms with van der Waals surface area (Å²) in [5, 5.41) is 8.08. The molecule has 2 heterocycles. The van der Waals surface area contributed by atoms with Crippen LogP contribution < -0.4 is 5.32 Å². The van der Waals surface area contributed by atoms with Crippen LogP contribution in [0.1, 0.15) is 38.4 Å². The highest BCUT2D eigenvalue weighted by atomic mass is 15.3. The molecule has 0 amide bonds. The molecule has 1 aliphatic heterocycles. The average Bonchev–Trinajstić information content (AvgIpc) is 2.81. The topological polar surface area (TPSA) is 33.1 Å². The van der Waals surface area contributed by atoms with Gasteiger partial charge < -0.3 is 5.32 Å². The van der Waals surface area contributed by atoms with Crippen molar-refractivity contribution in [2.75, 3.05) is 26.2 Å². The molecule has 4 heteroatoms. The normalized spacial score (nSPS) is 17.8. The lowest BCUT2D eigenvalue weighted by molar-refractivity contribution is 0.229. The van der Waals surface area contributed by atoms with E-state index in [0.29, 0.717) is 6.04 Å². The van der Waals surface area contributed by atoms with E-state index in [2.05, 4.69) is 41.0 Å². The Morgan fingerprint density at radius 2 is 2.00 bits per heavy atom. The van der Waals surface area contributed by atoms with Crippen molar-refractivity contribution in [3.63, 3.8) is 0 Å². The van der Waals surface area contributed by atoms with Gasteiger partial charge in [-0.15, -0.1) is 0 Å². The summed E-state index contributed by atoms with van der Waals surface area (Å²) in [5.74, 6) is 0. The van der Waals surface area contributed by atoms with Gasteiger partial charge in [-0.1, -0.05) is 13.8 Å². The molecule has 4 nitrogen and oxygen atoms in total. The second kappa shape index (κ2) is 6.17. The summed E-state index contributed by atoms with van der Waals surface area (Å²) < 4.78 is 2.14. The van der Waals surface area contributed by atoms with Crippen LogP contribution >= 0.6 is 0 Å². The van der Waals surface area contributed by atoms with E-state index in [1.165, 1.54) is 5.69 Å². The fourth-order valence-corrected chi connectivity index (χ4v) is 2.43. The summed E-state index contributed by atoms with van der Waals surface area (Å²) in [6.45, 7) is 9.93. The maximum absolute atomic E-state index is 4.70. The molecule has 1 aromatic rings. The Hall–Kier alpha value is -0.870. The third-order valence-corrected chi connectivity index (χ3v) is 3.58. The molecule has 0 aromatic carbocycles. The zero-order valence-corrected chi connectivity index (χ0v) is 11.0. The number of nitrogens with one attached hydrogen (secondary N) is 1. The lowest BCUT2D eigenvalue weighted by Gasteiger charge is -2.26. The minimum atomic E-state index is 0.562. The quantitative estimate of drug-likeness (QED) is 0.844. The Labute approximate surface area is 104 Å². The second-order valence-corrected chi connectivity index (χ2v) is 4.78. The number of hydrogen-bond donors (Lipinski definition) is 1. The first-order valence-corrected chi connectivity index (χ1v) is 6.80. The standard InChI is InChI=1S/C13H24N4/c1-3-13(4-2)17-8-5-12(15-17)11-16-9-6-14-7-10-16/h5,8,13-14H,3-4,6-7,9-11H2,1-2H3. The highest BCUT2D eigenvalue weighted by Gasteiger charge is 2.13. The average molecular weight is 236 g/mol. The Kier molecular flexibility index (Phi) is 4.57. The Morgan fingerprint density at radius 3 is 2.65 bits per heavy atom. The van der Waals surface area contributed by atoms with Gasteiger partial charge in [-0.25, -0.2) is 0 Å². The van der Waals surface area contributed by atoms with Crippen molar-refractivity contribution in [2.24, 2.45) is 0 Å². The van der Waals surface area contributed by atoms with Gasteiger partial charge in [-0.05, 0) is 18.9 Å². The van der Waals surface area contributed by atoms with E-state index in [-0.39, 0.29) is 0 Å². The van der Waals surface area contributed by atoms with E-state index >= 15 is 0 Å². The van der Waals surface area contributed by atoms with Gasteiger partial charge in [0.15, 0.2) is 0 Å². The van der Waals surface area contributed by atoms with Crippen LogP contribution in [0.3, 0.4) is 0 Å². The number of aromatic nitrogens is 2. The second-order valence-electron chi connectivity index (χ2n) is 4.78. The van der Waals surface area contributed by atoms with Gasteiger partial charge in [0.1, 0.15) is 0 Å². The third kappa shape index (κ3) is 3.30. The monoisotopic (exact) mass is 236 g/mol. The number of rotatable bonds is 5. The fourth-order valence-electron chi connectivity index (χ4n) is 2.43. The van der Waals surface area contributed by atoms with Gasteiger partial charge in [-0.2, -0.15) is 5.10 Å². The van der Waals surface area contributed by atoms with E-state index < -0.39 is 0 Å². The van der Waals surface area contributed by atoms with Crippen LogP contribution in [0.2, 0.25) is 0 Å². The number of piperazine rings is 1. The van der Waals surface area contributed by atoms with Crippen molar-refractivity contribution in [3.8, 4) is 0 Å². The van der Waals surface area contributed by atoms with Gasteiger partial charge in [-0.3, -0.25) is 9.58 Å². The van der Waals surface area contributed by atoms with Gasteiger partial charge in [0.05, 0.1) is 11.7 Å². The molecule has 0 unspecified atom stereocenters. The first kappa shape index (κ1) is 12.6. The Bertz CT molecular complexity index is 324. The van der Waals surface area contributed by atoms with Crippen LogP contribution in [0.5, 0.6) is 0 Å². The molecule has 1 aliphatic rings. The van der Waals surface area contributed by atoms with Crippen LogP contribution in [-0.4, -0.2) is 40.9 Å². The summed E-state index contributed by atoms with van der Waals surface area (Å²) >= 11 is 0. The first-order chi connectivity index (χ1) is 8.33. The molecule has 0 radical (unpaired) electrons. The van der Waals surface area contributed by atoms with Crippen molar-refractivity contribution in [1.82, 2.24) is 20.0 Å². The molecule has 17 heavy (non-hydrogen) atoms. The lowest BCUT2D eigenvalue weighted by Crippen LogP contribution is -2.42. The molecule has 0 bridgehead atoms. The van der Waals surface area contributed by atoms with E-state index in [0.717, 1.165) is 45.6 Å². The van der Waals surface area contributed by atoms with Crippen LogP contribution in [0.15, 0.2) is 12.3 Å². The summed E-state index contributed by atoms with van der Waals surface area (Å²) in [6, 6.07) is 2.73. The van der Waals surface area contributed by atoms with Crippen molar-refractivity contribution in [3.05, 3.63) is 18.0 Å². The molecule has 2 rings (SSSR count). The maximum Gasteiger partial charge on any atom is 0.0764 e. The lowest BCUT2D eigenvalue weighted by atomic mass is 10.2. The smallest absolute Gasteiger partial charge is 0.0764 e. The van der Waals surface area contributed by atoms with Gasteiger partial charge in [0.25, 0.3) is 0 Å². The minimum absolute atomic E-state index is 0.562. The van der Waals surface area contributed by atoms with Crippen molar-refractivity contribution in [2.45, 2.75) is 39.3 Å². The molecule has 0 atom stereocenters. The molecular formula is C13H24N4. The predicted molar refractivity (Wildman–Crippen MR) is 70.0 cm³/mol. The van der Waals surface area contributed by atoms with Gasteiger partial charge in [0.2, 0.25) is 0 Å². The van der Waals surface area contributed by atoms with E-state index in [9.17, 15) is 0 Å². The Balaban J connectivity index is 1.93.